The van der Waals surface area contributed by atoms with Crippen LogP contribution in [0.15, 0.2) is 42.6 Å². The molecule has 3 heterocycles. The molecule has 0 spiro atoms. The van der Waals surface area contributed by atoms with E-state index in [-0.39, 0.29) is 18.0 Å². The topological polar surface area (TPSA) is 65.5 Å². The molecule has 140 valence electrons. The van der Waals surface area contributed by atoms with Crippen molar-refractivity contribution in [2.75, 3.05) is 24.5 Å². The standard InChI is InChI=1S/C21H24N4O2/c1-15-8-9-16(14-19(15)25-13-11-23-21(25)27)20(26)24-12-5-3-7-18(24)17-6-2-4-10-22-17/h2,4,6,8-10,14,18H,3,5,7,11-13H2,1H3,(H,23,27). The van der Waals surface area contributed by atoms with Gasteiger partial charge < -0.3 is 10.2 Å². The number of piperidine rings is 1. The smallest absolute Gasteiger partial charge is 0.322 e. The van der Waals surface area contributed by atoms with Gasteiger partial charge in [-0.05, 0) is 56.0 Å². The Hall–Kier alpha value is -2.89. The molecule has 0 bridgehead atoms. The van der Waals surface area contributed by atoms with E-state index in [2.05, 4.69) is 10.3 Å². The van der Waals surface area contributed by atoms with E-state index < -0.39 is 0 Å². The Morgan fingerprint density at radius 3 is 2.81 bits per heavy atom. The predicted molar refractivity (Wildman–Crippen MR) is 104 cm³/mol. The number of likely N-dealkylation sites (tertiary alicyclic amines) is 1. The minimum Gasteiger partial charge on any atom is -0.336 e. The molecule has 27 heavy (non-hydrogen) atoms. The van der Waals surface area contributed by atoms with Crippen LogP contribution in [0.3, 0.4) is 0 Å². The number of aryl methyl sites for hydroxylation is 1. The highest BCUT2D eigenvalue weighted by atomic mass is 16.2. The maximum absolute atomic E-state index is 13.3. The number of carbonyl (C=O) groups is 2. The van der Waals surface area contributed by atoms with Crippen LogP contribution in [0.2, 0.25) is 0 Å². The van der Waals surface area contributed by atoms with E-state index in [0.717, 1.165) is 42.8 Å². The third-order valence-electron chi connectivity index (χ3n) is 5.40. The number of hydrogen-bond donors (Lipinski definition) is 1. The minimum atomic E-state index is -0.105. The van der Waals surface area contributed by atoms with Crippen LogP contribution < -0.4 is 10.2 Å². The van der Waals surface area contributed by atoms with Gasteiger partial charge in [0, 0.05) is 37.1 Å². The fourth-order valence-corrected chi connectivity index (χ4v) is 3.96. The molecule has 1 aromatic carbocycles. The first-order chi connectivity index (χ1) is 13.1. The van der Waals surface area contributed by atoms with Crippen molar-refractivity contribution in [3.8, 4) is 0 Å². The molecule has 6 heteroatoms. The van der Waals surface area contributed by atoms with Crippen molar-refractivity contribution >= 4 is 17.6 Å². The van der Waals surface area contributed by atoms with Crippen LogP contribution in [-0.2, 0) is 0 Å². The molecule has 2 aromatic rings. The lowest BCUT2D eigenvalue weighted by Gasteiger charge is -2.35. The van der Waals surface area contributed by atoms with E-state index in [9.17, 15) is 9.59 Å². The SMILES string of the molecule is Cc1ccc(C(=O)N2CCCCC2c2ccccn2)cc1N1CCNC1=O. The van der Waals surface area contributed by atoms with Crippen LogP contribution in [0.1, 0.15) is 46.9 Å². The largest absolute Gasteiger partial charge is 0.336 e. The van der Waals surface area contributed by atoms with E-state index in [1.165, 1.54) is 0 Å². The van der Waals surface area contributed by atoms with Gasteiger partial charge in [0.25, 0.3) is 5.91 Å². The number of hydrogen-bond acceptors (Lipinski definition) is 3. The second-order valence-corrected chi connectivity index (χ2v) is 7.15. The Morgan fingerprint density at radius 1 is 1.19 bits per heavy atom. The molecule has 2 saturated heterocycles. The first-order valence-corrected chi connectivity index (χ1v) is 9.53. The summed E-state index contributed by atoms with van der Waals surface area (Å²) in [7, 11) is 0. The number of rotatable bonds is 3. The van der Waals surface area contributed by atoms with Gasteiger partial charge in [-0.15, -0.1) is 0 Å². The molecule has 1 N–H and O–H groups in total. The molecule has 2 aliphatic heterocycles. The molecule has 1 unspecified atom stereocenters. The number of aromatic nitrogens is 1. The van der Waals surface area contributed by atoms with E-state index in [4.69, 9.17) is 0 Å². The van der Waals surface area contributed by atoms with Crippen molar-refractivity contribution < 1.29 is 9.59 Å². The summed E-state index contributed by atoms with van der Waals surface area (Å²) in [6, 6.07) is 11.4. The van der Waals surface area contributed by atoms with Crippen LogP contribution in [0.5, 0.6) is 0 Å². The number of nitrogens with zero attached hydrogens (tertiary/aromatic N) is 3. The van der Waals surface area contributed by atoms with Crippen molar-refractivity contribution in [2.45, 2.75) is 32.2 Å². The highest BCUT2D eigenvalue weighted by molar-refractivity contribution is 5.99. The summed E-state index contributed by atoms with van der Waals surface area (Å²) in [4.78, 5) is 33.5. The number of amides is 3. The number of urea groups is 1. The molecule has 0 radical (unpaired) electrons. The average Bonchev–Trinajstić information content (AvgIpc) is 3.14. The molecule has 0 aliphatic carbocycles. The van der Waals surface area contributed by atoms with Crippen LogP contribution in [-0.4, -0.2) is 41.5 Å². The van der Waals surface area contributed by atoms with E-state index in [1.54, 1.807) is 11.1 Å². The van der Waals surface area contributed by atoms with Crippen LogP contribution in [0, 0.1) is 6.92 Å². The fraction of sp³-hybridized carbons (Fsp3) is 0.381. The Balaban J connectivity index is 1.64. The number of pyridine rings is 1. The van der Waals surface area contributed by atoms with Crippen molar-refractivity contribution in [3.63, 3.8) is 0 Å². The van der Waals surface area contributed by atoms with Crippen molar-refractivity contribution in [2.24, 2.45) is 0 Å². The third kappa shape index (κ3) is 3.39. The Labute approximate surface area is 159 Å². The van der Waals surface area contributed by atoms with Gasteiger partial charge in [-0.25, -0.2) is 4.79 Å². The molecule has 3 amide bonds. The van der Waals surface area contributed by atoms with Gasteiger partial charge in [-0.3, -0.25) is 14.7 Å². The summed E-state index contributed by atoms with van der Waals surface area (Å²) >= 11 is 0. The van der Waals surface area contributed by atoms with Gasteiger partial charge in [-0.2, -0.15) is 0 Å². The zero-order valence-corrected chi connectivity index (χ0v) is 15.5. The minimum absolute atomic E-state index is 0.00575. The maximum Gasteiger partial charge on any atom is 0.322 e. The fourth-order valence-electron chi connectivity index (χ4n) is 3.96. The normalized spacial score (nSPS) is 19.9. The molecule has 4 rings (SSSR count). The van der Waals surface area contributed by atoms with E-state index in [0.29, 0.717) is 18.7 Å². The van der Waals surface area contributed by atoms with Gasteiger partial charge >= 0.3 is 6.03 Å². The summed E-state index contributed by atoms with van der Waals surface area (Å²) < 4.78 is 0. The summed E-state index contributed by atoms with van der Waals surface area (Å²) in [5, 5.41) is 2.82. The first kappa shape index (κ1) is 17.5. The molecular formula is C21H24N4O2. The molecular weight excluding hydrogens is 340 g/mol. The van der Waals surface area contributed by atoms with Gasteiger partial charge in [0.2, 0.25) is 0 Å². The lowest BCUT2D eigenvalue weighted by atomic mass is 9.97. The lowest BCUT2D eigenvalue weighted by molar-refractivity contribution is 0.0606. The predicted octanol–water partition coefficient (Wildman–Crippen LogP) is 3.29. The second kappa shape index (κ2) is 7.39. The second-order valence-electron chi connectivity index (χ2n) is 7.15. The molecule has 1 aromatic heterocycles. The molecule has 1 atom stereocenters. The summed E-state index contributed by atoms with van der Waals surface area (Å²) in [5.74, 6) is 0.00575. The molecule has 0 saturated carbocycles. The first-order valence-electron chi connectivity index (χ1n) is 9.53. The Bertz CT molecular complexity index is 853. The highest BCUT2D eigenvalue weighted by Gasteiger charge is 2.30. The van der Waals surface area contributed by atoms with Crippen molar-refractivity contribution in [3.05, 3.63) is 59.4 Å². The Kier molecular flexibility index (Phi) is 4.79. The van der Waals surface area contributed by atoms with E-state index in [1.807, 2.05) is 48.2 Å². The number of carbonyl (C=O) groups excluding carboxylic acids is 2. The van der Waals surface area contributed by atoms with Gasteiger partial charge in [0.15, 0.2) is 0 Å². The van der Waals surface area contributed by atoms with Crippen LogP contribution in [0.4, 0.5) is 10.5 Å². The molecule has 6 nitrogen and oxygen atoms in total. The van der Waals surface area contributed by atoms with Gasteiger partial charge in [0.05, 0.1) is 11.7 Å². The summed E-state index contributed by atoms with van der Waals surface area (Å²) in [6.45, 7) is 3.95. The Morgan fingerprint density at radius 2 is 2.07 bits per heavy atom. The number of benzene rings is 1. The number of nitrogens with one attached hydrogen (secondary N) is 1. The van der Waals surface area contributed by atoms with Crippen LogP contribution >= 0.6 is 0 Å². The average molecular weight is 364 g/mol. The summed E-state index contributed by atoms with van der Waals surface area (Å²) in [6.07, 6.45) is 4.80. The highest BCUT2D eigenvalue weighted by Crippen LogP contribution is 2.32. The van der Waals surface area contributed by atoms with Crippen LogP contribution in [0.25, 0.3) is 0 Å². The quantitative estimate of drug-likeness (QED) is 0.909. The molecule has 2 aliphatic rings. The zero-order valence-electron chi connectivity index (χ0n) is 15.5. The molecule has 2 fully saturated rings. The summed E-state index contributed by atoms with van der Waals surface area (Å²) in [5.41, 5.74) is 3.36. The zero-order chi connectivity index (χ0) is 18.8. The van der Waals surface area contributed by atoms with Gasteiger partial charge in [-0.1, -0.05) is 12.1 Å². The third-order valence-corrected chi connectivity index (χ3v) is 5.40. The van der Waals surface area contributed by atoms with Crippen molar-refractivity contribution in [1.29, 1.82) is 0 Å². The van der Waals surface area contributed by atoms with Crippen molar-refractivity contribution in [1.82, 2.24) is 15.2 Å². The van der Waals surface area contributed by atoms with Gasteiger partial charge in [0.1, 0.15) is 0 Å². The lowest BCUT2D eigenvalue weighted by Crippen LogP contribution is -2.39. The monoisotopic (exact) mass is 364 g/mol. The number of anilines is 1. The maximum atomic E-state index is 13.3. The van der Waals surface area contributed by atoms with E-state index >= 15 is 0 Å².